The number of hydrogen-bond acceptors (Lipinski definition) is 5. The van der Waals surface area contributed by atoms with E-state index >= 15 is 0 Å². The van der Waals surface area contributed by atoms with E-state index in [1.165, 1.54) is 12.5 Å². The number of rotatable bonds is 7. The minimum atomic E-state index is -0.244. The molecule has 3 amide bonds. The van der Waals surface area contributed by atoms with Gasteiger partial charge in [-0.25, -0.2) is 0 Å². The van der Waals surface area contributed by atoms with Crippen LogP contribution in [-0.2, 0) is 14.3 Å². The zero-order valence-electron chi connectivity index (χ0n) is 15.7. The minimum absolute atomic E-state index is 0.0299. The Morgan fingerprint density at radius 1 is 1.33 bits per heavy atom. The Bertz CT molecular complexity index is 652. The van der Waals surface area contributed by atoms with Gasteiger partial charge in [0.05, 0.1) is 24.4 Å². The molecular formula is C19H27N3O5. The predicted octanol–water partition coefficient (Wildman–Crippen LogP) is 0.743. The molecule has 3 heterocycles. The summed E-state index contributed by atoms with van der Waals surface area (Å²) >= 11 is 0. The van der Waals surface area contributed by atoms with Gasteiger partial charge < -0.3 is 24.3 Å². The molecule has 1 aromatic heterocycles. The molecule has 0 radical (unpaired) electrons. The highest BCUT2D eigenvalue weighted by Gasteiger charge is 2.37. The Morgan fingerprint density at radius 2 is 2.11 bits per heavy atom. The molecule has 0 aliphatic carbocycles. The lowest BCUT2D eigenvalue weighted by atomic mass is 9.95. The molecule has 0 spiro atoms. The van der Waals surface area contributed by atoms with Gasteiger partial charge in [-0.05, 0) is 24.8 Å². The number of furan rings is 1. The lowest BCUT2D eigenvalue weighted by molar-refractivity contribution is -0.137. The molecule has 8 heteroatoms. The highest BCUT2D eigenvalue weighted by molar-refractivity contribution is 5.93. The number of likely N-dealkylation sites (tertiary alicyclic amines) is 2. The number of nitrogens with zero attached hydrogens (tertiary/aromatic N) is 2. The fourth-order valence-corrected chi connectivity index (χ4v) is 3.70. The Hall–Kier alpha value is -2.35. The average Bonchev–Trinajstić information content (AvgIpc) is 3.34. The van der Waals surface area contributed by atoms with Crippen molar-refractivity contribution in [1.29, 1.82) is 0 Å². The summed E-state index contributed by atoms with van der Waals surface area (Å²) < 4.78 is 9.93. The van der Waals surface area contributed by atoms with Gasteiger partial charge in [0.2, 0.25) is 11.8 Å². The first-order valence-electron chi connectivity index (χ1n) is 9.44. The zero-order valence-corrected chi connectivity index (χ0v) is 15.7. The van der Waals surface area contributed by atoms with Crippen molar-refractivity contribution < 1.29 is 23.5 Å². The van der Waals surface area contributed by atoms with Gasteiger partial charge >= 0.3 is 0 Å². The Labute approximate surface area is 158 Å². The van der Waals surface area contributed by atoms with Crippen molar-refractivity contribution in [2.75, 3.05) is 46.4 Å². The quantitative estimate of drug-likeness (QED) is 0.757. The molecule has 27 heavy (non-hydrogen) atoms. The first-order chi connectivity index (χ1) is 13.1. The Kier molecular flexibility index (Phi) is 6.49. The number of carbonyl (C=O) groups excluding carboxylic acids is 3. The van der Waals surface area contributed by atoms with E-state index < -0.39 is 0 Å². The standard InChI is InChI=1S/C19H27N3O5/c1-26-9-7-22-12-16(10-17(22)23)19(25)21-5-2-14(3-6-21)11-20-18(24)15-4-8-27-13-15/h4,8,13-14,16H,2-3,5-7,9-12H2,1H3,(H,20,24). The van der Waals surface area contributed by atoms with Crippen molar-refractivity contribution in [3.8, 4) is 0 Å². The van der Waals surface area contributed by atoms with E-state index in [0.29, 0.717) is 57.2 Å². The molecule has 8 nitrogen and oxygen atoms in total. The van der Waals surface area contributed by atoms with Crippen LogP contribution in [0.4, 0.5) is 0 Å². The van der Waals surface area contributed by atoms with Gasteiger partial charge in [-0.1, -0.05) is 0 Å². The van der Waals surface area contributed by atoms with Crippen molar-refractivity contribution in [3.05, 3.63) is 24.2 Å². The highest BCUT2D eigenvalue weighted by Crippen LogP contribution is 2.23. The van der Waals surface area contributed by atoms with Gasteiger partial charge in [0, 0.05) is 46.3 Å². The summed E-state index contributed by atoms with van der Waals surface area (Å²) in [5.41, 5.74) is 0.520. The number of hydrogen-bond donors (Lipinski definition) is 1. The number of carbonyl (C=O) groups is 3. The second-order valence-electron chi connectivity index (χ2n) is 7.22. The summed E-state index contributed by atoms with van der Waals surface area (Å²) in [6.45, 7) is 3.46. The van der Waals surface area contributed by atoms with Crippen LogP contribution in [0.25, 0.3) is 0 Å². The van der Waals surface area contributed by atoms with Crippen molar-refractivity contribution in [2.24, 2.45) is 11.8 Å². The van der Waals surface area contributed by atoms with Gasteiger partial charge in [-0.15, -0.1) is 0 Å². The van der Waals surface area contributed by atoms with Crippen molar-refractivity contribution in [3.63, 3.8) is 0 Å². The third kappa shape index (κ3) is 4.88. The fraction of sp³-hybridized carbons (Fsp3) is 0.632. The molecule has 0 saturated carbocycles. The molecule has 3 rings (SSSR count). The van der Waals surface area contributed by atoms with Crippen LogP contribution >= 0.6 is 0 Å². The van der Waals surface area contributed by atoms with Crippen LogP contribution < -0.4 is 5.32 Å². The largest absolute Gasteiger partial charge is 0.472 e. The maximum atomic E-state index is 12.7. The van der Waals surface area contributed by atoms with Gasteiger partial charge in [-0.3, -0.25) is 14.4 Å². The van der Waals surface area contributed by atoms with E-state index in [-0.39, 0.29) is 23.6 Å². The molecule has 0 bridgehead atoms. The predicted molar refractivity (Wildman–Crippen MR) is 96.9 cm³/mol. The smallest absolute Gasteiger partial charge is 0.254 e. The van der Waals surface area contributed by atoms with E-state index in [9.17, 15) is 14.4 Å². The third-order valence-electron chi connectivity index (χ3n) is 5.39. The van der Waals surface area contributed by atoms with Crippen LogP contribution in [-0.4, -0.2) is 74.0 Å². The summed E-state index contributed by atoms with van der Waals surface area (Å²) in [4.78, 5) is 40.3. The monoisotopic (exact) mass is 377 g/mol. The van der Waals surface area contributed by atoms with Crippen LogP contribution in [0.1, 0.15) is 29.6 Å². The van der Waals surface area contributed by atoms with Gasteiger partial charge in [-0.2, -0.15) is 0 Å². The van der Waals surface area contributed by atoms with Crippen molar-refractivity contribution in [2.45, 2.75) is 19.3 Å². The number of nitrogens with one attached hydrogen (secondary N) is 1. The number of amides is 3. The van der Waals surface area contributed by atoms with Crippen molar-refractivity contribution in [1.82, 2.24) is 15.1 Å². The summed E-state index contributed by atoms with van der Waals surface area (Å²) in [6.07, 6.45) is 4.90. The Morgan fingerprint density at radius 3 is 2.78 bits per heavy atom. The molecule has 148 valence electrons. The Balaban J connectivity index is 1.40. The number of ether oxygens (including phenoxy) is 1. The van der Waals surface area contributed by atoms with E-state index in [1.807, 2.05) is 4.90 Å². The van der Waals surface area contributed by atoms with Gasteiger partial charge in [0.15, 0.2) is 0 Å². The molecule has 0 aromatic carbocycles. The van der Waals surface area contributed by atoms with Crippen LogP contribution in [0.2, 0.25) is 0 Å². The fourth-order valence-electron chi connectivity index (χ4n) is 3.70. The summed E-state index contributed by atoms with van der Waals surface area (Å²) in [7, 11) is 1.60. The average molecular weight is 377 g/mol. The van der Waals surface area contributed by atoms with Crippen LogP contribution in [0.5, 0.6) is 0 Å². The molecule has 2 aliphatic rings. The zero-order chi connectivity index (χ0) is 19.2. The molecule has 1 aromatic rings. The first kappa shape index (κ1) is 19.4. The topological polar surface area (TPSA) is 92.1 Å². The molecule has 1 unspecified atom stereocenters. The molecule has 2 fully saturated rings. The molecule has 2 aliphatic heterocycles. The van der Waals surface area contributed by atoms with E-state index in [2.05, 4.69) is 5.32 Å². The molecule has 1 N–H and O–H groups in total. The lowest BCUT2D eigenvalue weighted by Crippen LogP contribution is -2.44. The number of methoxy groups -OCH3 is 1. The molecule has 2 saturated heterocycles. The first-order valence-corrected chi connectivity index (χ1v) is 9.44. The molecule has 1 atom stereocenters. The van der Waals surface area contributed by atoms with E-state index in [0.717, 1.165) is 12.8 Å². The maximum Gasteiger partial charge on any atom is 0.254 e. The van der Waals surface area contributed by atoms with Gasteiger partial charge in [0.1, 0.15) is 6.26 Å². The normalized spacial score (nSPS) is 20.9. The maximum absolute atomic E-state index is 12.7. The van der Waals surface area contributed by atoms with E-state index in [1.54, 1.807) is 18.1 Å². The summed E-state index contributed by atoms with van der Waals surface area (Å²) in [5.74, 6) is 0.0780. The second kappa shape index (κ2) is 9.03. The molecular weight excluding hydrogens is 350 g/mol. The van der Waals surface area contributed by atoms with Crippen LogP contribution in [0, 0.1) is 11.8 Å². The summed E-state index contributed by atoms with van der Waals surface area (Å²) in [5, 5.41) is 2.92. The number of piperidine rings is 1. The van der Waals surface area contributed by atoms with E-state index in [4.69, 9.17) is 9.15 Å². The second-order valence-corrected chi connectivity index (χ2v) is 7.22. The van der Waals surface area contributed by atoms with Crippen LogP contribution in [0.3, 0.4) is 0 Å². The SMILES string of the molecule is COCCN1CC(C(=O)N2CCC(CNC(=O)c3ccoc3)CC2)CC1=O. The minimum Gasteiger partial charge on any atom is -0.472 e. The summed E-state index contributed by atoms with van der Waals surface area (Å²) in [6, 6.07) is 1.63. The van der Waals surface area contributed by atoms with Crippen molar-refractivity contribution >= 4 is 17.7 Å². The highest BCUT2D eigenvalue weighted by atomic mass is 16.5. The van der Waals surface area contributed by atoms with Gasteiger partial charge in [0.25, 0.3) is 5.91 Å². The van der Waals surface area contributed by atoms with Crippen LogP contribution in [0.15, 0.2) is 23.0 Å². The lowest BCUT2D eigenvalue weighted by Gasteiger charge is -2.33. The third-order valence-corrected chi connectivity index (χ3v) is 5.39.